The van der Waals surface area contributed by atoms with Crippen LogP contribution in [0, 0.1) is 5.92 Å². The minimum Gasteiger partial charge on any atom is -0.297 e. The molecule has 1 aromatic carbocycles. The van der Waals surface area contributed by atoms with Gasteiger partial charge >= 0.3 is 0 Å². The molecule has 3 nitrogen and oxygen atoms in total. The molecule has 0 saturated carbocycles. The summed E-state index contributed by atoms with van der Waals surface area (Å²) >= 11 is 1.77. The van der Waals surface area contributed by atoms with Crippen LogP contribution in [0.1, 0.15) is 41.9 Å². The van der Waals surface area contributed by atoms with E-state index in [1.807, 2.05) is 6.20 Å². The molecule has 3 atom stereocenters. The fraction of sp³-hybridized carbons (Fsp3) is 0.526. The molecule has 2 aromatic rings. The molecule has 122 valence electrons. The molecule has 0 unspecified atom stereocenters. The zero-order valence-electron chi connectivity index (χ0n) is 14.1. The van der Waals surface area contributed by atoms with Crippen molar-refractivity contribution >= 4 is 11.3 Å². The van der Waals surface area contributed by atoms with Crippen LogP contribution in [-0.2, 0) is 6.54 Å². The summed E-state index contributed by atoms with van der Waals surface area (Å²) < 4.78 is 0. The number of aromatic nitrogens is 1. The van der Waals surface area contributed by atoms with Gasteiger partial charge in [-0.3, -0.25) is 9.80 Å². The number of fused-ring (bicyclic) bond motifs is 3. The Morgan fingerprint density at radius 2 is 2.04 bits per heavy atom. The Bertz CT molecular complexity index is 667. The molecule has 1 aromatic heterocycles. The zero-order valence-corrected chi connectivity index (χ0v) is 15.0. The van der Waals surface area contributed by atoms with Gasteiger partial charge in [-0.15, -0.1) is 11.3 Å². The number of likely N-dealkylation sites (tertiary alicyclic amines) is 1. The third-order valence-corrected chi connectivity index (χ3v) is 6.42. The Labute approximate surface area is 143 Å². The fourth-order valence-corrected chi connectivity index (χ4v) is 5.06. The van der Waals surface area contributed by atoms with E-state index in [9.17, 15) is 0 Å². The number of nitrogens with zero attached hydrogens (tertiary/aromatic N) is 3. The third-order valence-electron chi connectivity index (χ3n) is 5.66. The van der Waals surface area contributed by atoms with Gasteiger partial charge in [0.25, 0.3) is 0 Å². The molecule has 0 bridgehead atoms. The standard InChI is InChI=1S/C19H25N3S/c1-13(2)21(3)19-15-7-5-4-6-14(15)16-10-22(11-17(16)19)12-18-20-8-9-23-18/h4-9,13,16-17,19H,10-12H2,1-3H3/t16-,17-,19-/m0/s1. The molecular weight excluding hydrogens is 302 g/mol. The SMILES string of the molecule is CC(C)N(C)[C@H]1c2ccccc2[C@@H]2CN(Cc3nccs3)C[C@@H]21. The molecule has 0 radical (unpaired) electrons. The van der Waals surface area contributed by atoms with Crippen LogP contribution in [0.4, 0.5) is 0 Å². The highest BCUT2D eigenvalue weighted by atomic mass is 32.1. The monoisotopic (exact) mass is 327 g/mol. The van der Waals surface area contributed by atoms with Crippen molar-refractivity contribution in [3.8, 4) is 0 Å². The smallest absolute Gasteiger partial charge is 0.107 e. The fourth-order valence-electron chi connectivity index (χ4n) is 4.40. The summed E-state index contributed by atoms with van der Waals surface area (Å²) in [7, 11) is 2.29. The largest absolute Gasteiger partial charge is 0.297 e. The average Bonchev–Trinajstić information content (AvgIpc) is 3.23. The van der Waals surface area contributed by atoms with E-state index in [1.165, 1.54) is 18.1 Å². The van der Waals surface area contributed by atoms with Gasteiger partial charge in [0.05, 0.1) is 6.54 Å². The second kappa shape index (κ2) is 6.00. The van der Waals surface area contributed by atoms with Crippen molar-refractivity contribution < 1.29 is 0 Å². The Morgan fingerprint density at radius 1 is 1.26 bits per heavy atom. The number of hydrogen-bond donors (Lipinski definition) is 0. The molecule has 1 saturated heterocycles. The van der Waals surface area contributed by atoms with Crippen molar-refractivity contribution in [2.24, 2.45) is 5.92 Å². The summed E-state index contributed by atoms with van der Waals surface area (Å²) in [6.45, 7) is 7.96. The van der Waals surface area contributed by atoms with Crippen molar-refractivity contribution in [3.05, 3.63) is 52.0 Å². The van der Waals surface area contributed by atoms with E-state index >= 15 is 0 Å². The van der Waals surface area contributed by atoms with Crippen LogP contribution in [0.15, 0.2) is 35.8 Å². The first-order valence-corrected chi connectivity index (χ1v) is 9.44. The predicted molar refractivity (Wildman–Crippen MR) is 95.7 cm³/mol. The summed E-state index contributed by atoms with van der Waals surface area (Å²) in [6.07, 6.45) is 1.92. The van der Waals surface area contributed by atoms with Gasteiger partial charge in [-0.1, -0.05) is 24.3 Å². The molecule has 0 spiro atoms. The molecule has 2 heterocycles. The second-order valence-electron chi connectivity index (χ2n) is 7.22. The van der Waals surface area contributed by atoms with Gasteiger partial charge in [0.1, 0.15) is 5.01 Å². The molecule has 0 amide bonds. The number of rotatable bonds is 4. The van der Waals surface area contributed by atoms with Crippen LogP contribution >= 0.6 is 11.3 Å². The molecule has 1 fully saturated rings. The van der Waals surface area contributed by atoms with Crippen molar-refractivity contribution in [2.75, 3.05) is 20.1 Å². The lowest BCUT2D eigenvalue weighted by molar-refractivity contribution is 0.145. The first-order chi connectivity index (χ1) is 11.1. The van der Waals surface area contributed by atoms with Crippen LogP contribution in [0.25, 0.3) is 0 Å². The maximum atomic E-state index is 4.47. The van der Waals surface area contributed by atoms with E-state index in [-0.39, 0.29) is 0 Å². The van der Waals surface area contributed by atoms with Gasteiger partial charge in [0, 0.05) is 42.7 Å². The van der Waals surface area contributed by atoms with Crippen LogP contribution < -0.4 is 0 Å². The minimum absolute atomic E-state index is 0.553. The van der Waals surface area contributed by atoms with Crippen LogP contribution in [0.2, 0.25) is 0 Å². The molecule has 4 rings (SSSR count). The maximum absolute atomic E-state index is 4.47. The zero-order chi connectivity index (χ0) is 16.0. The summed E-state index contributed by atoms with van der Waals surface area (Å²) in [5.41, 5.74) is 3.14. The van der Waals surface area contributed by atoms with Crippen molar-refractivity contribution in [2.45, 2.75) is 38.4 Å². The van der Waals surface area contributed by atoms with Gasteiger partial charge in [0.15, 0.2) is 0 Å². The molecule has 1 aliphatic heterocycles. The Morgan fingerprint density at radius 3 is 2.74 bits per heavy atom. The van der Waals surface area contributed by atoms with E-state index in [0.29, 0.717) is 23.9 Å². The van der Waals surface area contributed by atoms with E-state index in [1.54, 1.807) is 22.5 Å². The quantitative estimate of drug-likeness (QED) is 0.852. The van der Waals surface area contributed by atoms with Gasteiger partial charge in [-0.25, -0.2) is 4.98 Å². The molecule has 0 N–H and O–H groups in total. The van der Waals surface area contributed by atoms with E-state index in [0.717, 1.165) is 6.54 Å². The highest BCUT2D eigenvalue weighted by Gasteiger charge is 2.47. The molecular formula is C19H25N3S. The van der Waals surface area contributed by atoms with Gasteiger partial charge < -0.3 is 0 Å². The Balaban J connectivity index is 1.61. The predicted octanol–water partition coefficient (Wildman–Crippen LogP) is 3.75. The van der Waals surface area contributed by atoms with E-state index in [4.69, 9.17) is 0 Å². The summed E-state index contributed by atoms with van der Waals surface area (Å²) in [5.74, 6) is 1.39. The lowest BCUT2D eigenvalue weighted by atomic mass is 9.93. The highest BCUT2D eigenvalue weighted by molar-refractivity contribution is 7.09. The lowest BCUT2D eigenvalue weighted by Gasteiger charge is -2.33. The summed E-state index contributed by atoms with van der Waals surface area (Å²) in [5, 5.41) is 3.32. The van der Waals surface area contributed by atoms with E-state index < -0.39 is 0 Å². The van der Waals surface area contributed by atoms with Gasteiger partial charge in [0.2, 0.25) is 0 Å². The number of hydrogen-bond acceptors (Lipinski definition) is 4. The average molecular weight is 327 g/mol. The third kappa shape index (κ3) is 2.63. The normalized spacial score (nSPS) is 26.9. The Hall–Kier alpha value is -1.23. The van der Waals surface area contributed by atoms with Gasteiger partial charge in [-0.05, 0) is 37.9 Å². The number of thiazole rings is 1. The lowest BCUT2D eigenvalue weighted by Crippen LogP contribution is -2.35. The Kier molecular flexibility index (Phi) is 4.00. The molecule has 23 heavy (non-hydrogen) atoms. The first kappa shape index (κ1) is 15.3. The van der Waals surface area contributed by atoms with Crippen molar-refractivity contribution in [3.63, 3.8) is 0 Å². The number of benzene rings is 1. The summed E-state index contributed by atoms with van der Waals surface area (Å²) in [4.78, 5) is 9.64. The first-order valence-electron chi connectivity index (χ1n) is 8.56. The van der Waals surface area contributed by atoms with Crippen LogP contribution in [0.5, 0.6) is 0 Å². The van der Waals surface area contributed by atoms with Crippen LogP contribution in [-0.4, -0.2) is 41.0 Å². The molecule has 4 heteroatoms. The molecule has 1 aliphatic carbocycles. The maximum Gasteiger partial charge on any atom is 0.107 e. The van der Waals surface area contributed by atoms with Gasteiger partial charge in [-0.2, -0.15) is 0 Å². The van der Waals surface area contributed by atoms with E-state index in [2.05, 4.69) is 65.3 Å². The van der Waals surface area contributed by atoms with Crippen molar-refractivity contribution in [1.29, 1.82) is 0 Å². The molecule has 2 aliphatic rings. The minimum atomic E-state index is 0.553. The highest BCUT2D eigenvalue weighted by Crippen LogP contribution is 2.51. The second-order valence-corrected chi connectivity index (χ2v) is 8.20. The topological polar surface area (TPSA) is 19.4 Å². The summed E-state index contributed by atoms with van der Waals surface area (Å²) in [6, 6.07) is 10.2. The van der Waals surface area contributed by atoms with Crippen molar-refractivity contribution in [1.82, 2.24) is 14.8 Å². The van der Waals surface area contributed by atoms with Crippen LogP contribution in [0.3, 0.4) is 0 Å².